The molecule has 0 bridgehead atoms. The maximum Gasteiger partial charge on any atom is 0.135 e. The van der Waals surface area contributed by atoms with Crippen LogP contribution in [0.25, 0.3) is 67.1 Å². The molecule has 5 aromatic carbocycles. The van der Waals surface area contributed by atoms with Crippen molar-refractivity contribution in [3.8, 4) is 56.1 Å². The zero-order valence-electron chi connectivity index (χ0n) is 29.1. The number of hydrogen-bond acceptors (Lipinski definition) is 3. The molecule has 0 aliphatic heterocycles. The van der Waals surface area contributed by atoms with E-state index >= 15 is 0 Å². The molecule has 0 aliphatic carbocycles. The summed E-state index contributed by atoms with van der Waals surface area (Å²) in [5.41, 5.74) is 13.1. The van der Waals surface area contributed by atoms with Crippen LogP contribution in [-0.2, 0) is 25.5 Å². The second kappa shape index (κ2) is 15.6. The minimum absolute atomic E-state index is 0. The van der Waals surface area contributed by atoms with E-state index in [-0.39, 0.29) is 25.5 Å². The maximum atomic E-state index is 6.19. The van der Waals surface area contributed by atoms with Crippen molar-refractivity contribution < 1.29 is 24.5 Å². The van der Waals surface area contributed by atoms with E-state index in [9.17, 15) is 0 Å². The molecular weight excluding hydrogens is 801 g/mol. The molecule has 8 aromatic rings. The van der Waals surface area contributed by atoms with Crippen LogP contribution in [0, 0.1) is 19.1 Å². The third-order valence-corrected chi connectivity index (χ3v) is 8.74. The Bertz CT molecular complexity index is 2300. The number of aromatic nitrogens is 2. The first-order chi connectivity index (χ1) is 24.3. The van der Waals surface area contributed by atoms with Gasteiger partial charge in [0.15, 0.2) is 0 Å². The molecule has 0 saturated heterocycles. The van der Waals surface area contributed by atoms with Gasteiger partial charge in [-0.25, -0.2) is 0 Å². The Morgan fingerprint density at radius 3 is 2.02 bits per heavy atom. The Morgan fingerprint density at radius 1 is 0.569 bits per heavy atom. The fraction of sp³-hybridized carbons (Fsp3) is 0.106. The van der Waals surface area contributed by atoms with Gasteiger partial charge >= 0.3 is 0 Å². The fourth-order valence-corrected chi connectivity index (χ4v) is 5.98. The van der Waals surface area contributed by atoms with Crippen molar-refractivity contribution in [1.82, 2.24) is 9.97 Å². The normalized spacial score (nSPS) is 11.0. The van der Waals surface area contributed by atoms with Crippen LogP contribution in [0.4, 0.5) is 0 Å². The molecule has 0 aliphatic rings. The third-order valence-electron chi connectivity index (χ3n) is 8.74. The third kappa shape index (κ3) is 8.32. The monoisotopic (exact) mass is 839 g/mol. The van der Waals surface area contributed by atoms with Crippen molar-refractivity contribution in [2.45, 2.75) is 33.1 Å². The maximum absolute atomic E-state index is 6.19. The van der Waals surface area contributed by atoms with Crippen molar-refractivity contribution in [3.63, 3.8) is 0 Å². The average molecular weight is 839 g/mol. The van der Waals surface area contributed by atoms with E-state index in [0.717, 1.165) is 61.5 Å². The van der Waals surface area contributed by atoms with Crippen LogP contribution in [0.1, 0.15) is 31.9 Å². The molecule has 0 atom stereocenters. The van der Waals surface area contributed by atoms with Crippen LogP contribution in [0.3, 0.4) is 0 Å². The SMILES string of the molecule is Cc1ccnc(-c2[c-]cc(-c3ccc(C(C)(C)C)cc3)c(-c3ccc4oc(-c5ccccc5)cc4c3)c2)c1.[Ir].[c-]1ccccc1-c1ccccn1. The van der Waals surface area contributed by atoms with Gasteiger partial charge in [-0.15, -0.1) is 59.7 Å². The van der Waals surface area contributed by atoms with Gasteiger partial charge in [0.25, 0.3) is 0 Å². The average Bonchev–Trinajstić information content (AvgIpc) is 3.60. The first-order valence-electron chi connectivity index (χ1n) is 16.9. The largest absolute Gasteiger partial charge is 0.456 e. The molecule has 3 nitrogen and oxygen atoms in total. The summed E-state index contributed by atoms with van der Waals surface area (Å²) in [7, 11) is 0. The summed E-state index contributed by atoms with van der Waals surface area (Å²) in [6.07, 6.45) is 3.65. The van der Waals surface area contributed by atoms with E-state index in [1.807, 2.05) is 72.9 Å². The summed E-state index contributed by atoms with van der Waals surface area (Å²) in [6.45, 7) is 8.83. The molecule has 4 heteroatoms. The number of benzene rings is 5. The fourth-order valence-electron chi connectivity index (χ4n) is 5.98. The van der Waals surface area contributed by atoms with Crippen molar-refractivity contribution in [1.29, 1.82) is 0 Å². The van der Waals surface area contributed by atoms with Crippen LogP contribution >= 0.6 is 0 Å². The molecule has 0 fully saturated rings. The van der Waals surface area contributed by atoms with Crippen LogP contribution in [0.15, 0.2) is 162 Å². The quantitative estimate of drug-likeness (QED) is 0.162. The number of hydrogen-bond donors (Lipinski definition) is 0. The Kier molecular flexibility index (Phi) is 10.9. The second-order valence-corrected chi connectivity index (χ2v) is 13.4. The first-order valence-corrected chi connectivity index (χ1v) is 16.9. The molecule has 253 valence electrons. The Balaban J connectivity index is 0.000000291. The second-order valence-electron chi connectivity index (χ2n) is 13.4. The van der Waals surface area contributed by atoms with Crippen LogP contribution in [0.2, 0.25) is 0 Å². The van der Waals surface area contributed by atoms with Crippen molar-refractivity contribution >= 4 is 11.0 Å². The summed E-state index contributed by atoms with van der Waals surface area (Å²) >= 11 is 0. The number of nitrogens with zero attached hydrogens (tertiary/aromatic N) is 2. The predicted molar refractivity (Wildman–Crippen MR) is 207 cm³/mol. The summed E-state index contributed by atoms with van der Waals surface area (Å²) in [5, 5.41) is 1.08. The van der Waals surface area contributed by atoms with Gasteiger partial charge < -0.3 is 14.4 Å². The van der Waals surface area contributed by atoms with Crippen LogP contribution in [0.5, 0.6) is 0 Å². The van der Waals surface area contributed by atoms with Gasteiger partial charge in [-0.2, -0.15) is 0 Å². The number of pyridine rings is 2. The molecule has 8 rings (SSSR count). The zero-order valence-corrected chi connectivity index (χ0v) is 31.5. The molecule has 1 radical (unpaired) electrons. The number of aryl methyl sites for hydroxylation is 1. The van der Waals surface area contributed by atoms with E-state index in [1.165, 1.54) is 16.7 Å². The summed E-state index contributed by atoms with van der Waals surface area (Å²) < 4.78 is 6.19. The minimum Gasteiger partial charge on any atom is -0.456 e. The molecule has 0 N–H and O–H groups in total. The topological polar surface area (TPSA) is 38.9 Å². The molecule has 3 heterocycles. The first kappa shape index (κ1) is 35.4. The number of furan rings is 1. The zero-order chi connectivity index (χ0) is 34.5. The summed E-state index contributed by atoms with van der Waals surface area (Å²) in [6, 6.07) is 56.5. The van der Waals surface area contributed by atoms with Gasteiger partial charge in [-0.05, 0) is 65.2 Å². The standard InChI is InChI=1S/C36H30NO.C11H8N.Ir/c1-24-18-19-37-33(20-24)28-12-16-31(25-10-14-30(15-11-25)36(2,3)4)32(22-28)27-13-17-34-29(21-27)23-35(38-34)26-8-6-5-7-9-26;1-2-6-10(7-3-1)11-8-4-5-9-12-11;/h5-11,13-23H,1-4H3;1-6,8-9H;/q2*-1;. The minimum atomic E-state index is 0. The molecule has 51 heavy (non-hydrogen) atoms. The van der Waals surface area contributed by atoms with Gasteiger partial charge in [0, 0.05) is 43.4 Å². The van der Waals surface area contributed by atoms with Gasteiger partial charge in [0.2, 0.25) is 0 Å². The Morgan fingerprint density at radius 2 is 1.31 bits per heavy atom. The number of fused-ring (bicyclic) bond motifs is 1. The van der Waals surface area contributed by atoms with Gasteiger partial charge in [-0.3, -0.25) is 0 Å². The van der Waals surface area contributed by atoms with Crippen LogP contribution < -0.4 is 0 Å². The van der Waals surface area contributed by atoms with Crippen molar-refractivity contribution in [2.75, 3.05) is 0 Å². The molecule has 0 spiro atoms. The van der Waals surface area contributed by atoms with Crippen molar-refractivity contribution in [2.24, 2.45) is 0 Å². The van der Waals surface area contributed by atoms with E-state index in [0.29, 0.717) is 0 Å². The van der Waals surface area contributed by atoms with E-state index in [1.54, 1.807) is 6.20 Å². The Hall–Kier alpha value is -5.41. The molecular formula is C47H38IrN2O-2. The Labute approximate surface area is 314 Å². The van der Waals surface area contributed by atoms with Crippen molar-refractivity contribution in [3.05, 3.63) is 181 Å². The molecule has 0 amide bonds. The van der Waals surface area contributed by atoms with Gasteiger partial charge in [0.1, 0.15) is 11.3 Å². The summed E-state index contributed by atoms with van der Waals surface area (Å²) in [4.78, 5) is 8.84. The molecule has 3 aromatic heterocycles. The van der Waals surface area contributed by atoms with Gasteiger partial charge in [0.05, 0.1) is 0 Å². The van der Waals surface area contributed by atoms with Gasteiger partial charge in [-0.1, -0.05) is 122 Å². The van der Waals surface area contributed by atoms with E-state index in [4.69, 9.17) is 4.42 Å². The number of rotatable bonds is 5. The predicted octanol–water partition coefficient (Wildman–Crippen LogP) is 12.4. The smallest absolute Gasteiger partial charge is 0.135 e. The van der Waals surface area contributed by atoms with E-state index in [2.05, 4.69) is 129 Å². The van der Waals surface area contributed by atoms with E-state index < -0.39 is 0 Å². The summed E-state index contributed by atoms with van der Waals surface area (Å²) in [5.74, 6) is 0.877. The van der Waals surface area contributed by atoms with Crippen LogP contribution in [-0.4, -0.2) is 9.97 Å². The molecule has 0 saturated carbocycles. The molecule has 0 unspecified atom stereocenters.